The van der Waals surface area contributed by atoms with E-state index in [4.69, 9.17) is 0 Å². The van der Waals surface area contributed by atoms with E-state index in [1.807, 2.05) is 18.3 Å². The minimum Gasteiger partial charge on any atom is -0.368 e. The molecule has 0 unspecified atom stereocenters. The van der Waals surface area contributed by atoms with Crippen LogP contribution in [-0.2, 0) is 9.84 Å². The third-order valence-corrected chi connectivity index (χ3v) is 4.70. The Kier molecular flexibility index (Phi) is 2.32. The summed E-state index contributed by atoms with van der Waals surface area (Å²) in [5.74, 6) is 0.469. The summed E-state index contributed by atoms with van der Waals surface area (Å²) in [5.41, 5.74) is 1.85. The van der Waals surface area contributed by atoms with Crippen LogP contribution in [0.2, 0.25) is 0 Å². The summed E-state index contributed by atoms with van der Waals surface area (Å²) in [6, 6.07) is 4.00. The van der Waals surface area contributed by atoms with Crippen molar-refractivity contribution in [1.82, 2.24) is 9.97 Å². The normalized spacial score (nSPS) is 19.6. The molecule has 17 heavy (non-hydrogen) atoms. The molecule has 1 fully saturated rings. The number of hydrogen-bond acceptors (Lipinski definition) is 4. The van der Waals surface area contributed by atoms with E-state index in [2.05, 4.69) is 14.9 Å². The summed E-state index contributed by atoms with van der Waals surface area (Å²) in [4.78, 5) is 9.41. The Morgan fingerprint density at radius 1 is 1.29 bits per heavy atom. The van der Waals surface area contributed by atoms with Crippen LogP contribution in [0.15, 0.2) is 24.5 Å². The van der Waals surface area contributed by atoms with E-state index in [1.165, 1.54) is 0 Å². The van der Waals surface area contributed by atoms with Gasteiger partial charge in [0.25, 0.3) is 0 Å². The fourth-order valence-electron chi connectivity index (χ4n) is 2.07. The zero-order valence-corrected chi connectivity index (χ0v) is 10.1. The maximum atomic E-state index is 11.4. The first kappa shape index (κ1) is 10.6. The van der Waals surface area contributed by atoms with Crippen molar-refractivity contribution in [2.24, 2.45) is 0 Å². The number of aromatic nitrogens is 2. The lowest BCUT2D eigenvalue weighted by Crippen LogP contribution is -2.40. The maximum absolute atomic E-state index is 11.4. The van der Waals surface area contributed by atoms with E-state index in [9.17, 15) is 8.42 Å². The Morgan fingerprint density at radius 2 is 2.06 bits per heavy atom. The van der Waals surface area contributed by atoms with E-state index in [1.54, 1.807) is 6.20 Å². The number of aromatic amines is 1. The molecule has 90 valence electrons. The molecule has 0 spiro atoms. The highest BCUT2D eigenvalue weighted by atomic mass is 32.2. The lowest BCUT2D eigenvalue weighted by Gasteiger charge is -2.28. The average molecular weight is 251 g/mol. The number of hydrogen-bond donors (Lipinski definition) is 1. The average Bonchev–Trinajstić information content (AvgIpc) is 2.76. The van der Waals surface area contributed by atoms with Crippen LogP contribution in [0.3, 0.4) is 0 Å². The largest absolute Gasteiger partial charge is 0.368 e. The SMILES string of the molecule is O=S1(=O)CCN(c2cnc3[nH]ccc3c2)CC1. The smallest absolute Gasteiger partial charge is 0.153 e. The van der Waals surface area contributed by atoms with Crippen molar-refractivity contribution in [3.8, 4) is 0 Å². The lowest BCUT2D eigenvalue weighted by molar-refractivity contribution is 0.587. The Balaban J connectivity index is 1.89. The highest BCUT2D eigenvalue weighted by Crippen LogP contribution is 2.20. The molecule has 2 aromatic rings. The van der Waals surface area contributed by atoms with Gasteiger partial charge in [-0.1, -0.05) is 0 Å². The number of rotatable bonds is 1. The number of sulfone groups is 1. The standard InChI is InChI=1S/C11H13N3O2S/c15-17(16)5-3-14(4-6-17)10-7-9-1-2-12-11(9)13-8-10/h1-2,7-8H,3-6H2,(H,12,13). The second-order valence-electron chi connectivity index (χ2n) is 4.25. The van der Waals surface area contributed by atoms with Crippen LogP contribution < -0.4 is 4.90 Å². The van der Waals surface area contributed by atoms with Gasteiger partial charge in [0.05, 0.1) is 23.4 Å². The van der Waals surface area contributed by atoms with E-state index in [0.717, 1.165) is 16.7 Å². The van der Waals surface area contributed by atoms with Crippen molar-refractivity contribution in [1.29, 1.82) is 0 Å². The van der Waals surface area contributed by atoms with Crippen LogP contribution >= 0.6 is 0 Å². The molecule has 1 N–H and O–H groups in total. The fourth-order valence-corrected chi connectivity index (χ4v) is 3.27. The summed E-state index contributed by atoms with van der Waals surface area (Å²) in [5, 5.41) is 1.05. The number of nitrogens with one attached hydrogen (secondary N) is 1. The molecule has 0 atom stereocenters. The minimum atomic E-state index is -2.82. The van der Waals surface area contributed by atoms with Gasteiger partial charge < -0.3 is 9.88 Å². The molecule has 0 amide bonds. The molecule has 3 rings (SSSR count). The number of nitrogens with zero attached hydrogens (tertiary/aromatic N) is 2. The van der Waals surface area contributed by atoms with Crippen LogP contribution in [0.25, 0.3) is 11.0 Å². The Bertz CT molecular complexity index is 634. The van der Waals surface area contributed by atoms with Crippen LogP contribution in [-0.4, -0.2) is 43.0 Å². The third kappa shape index (κ3) is 2.00. The van der Waals surface area contributed by atoms with Gasteiger partial charge in [-0.2, -0.15) is 0 Å². The molecule has 1 aliphatic heterocycles. The molecule has 5 nitrogen and oxygen atoms in total. The van der Waals surface area contributed by atoms with E-state index in [-0.39, 0.29) is 11.5 Å². The summed E-state index contributed by atoms with van der Waals surface area (Å²) >= 11 is 0. The summed E-state index contributed by atoms with van der Waals surface area (Å²) < 4.78 is 22.7. The Labute approximate surface area is 99.4 Å². The second kappa shape index (κ2) is 3.73. The first-order chi connectivity index (χ1) is 8.14. The second-order valence-corrected chi connectivity index (χ2v) is 6.55. The van der Waals surface area contributed by atoms with Crippen molar-refractivity contribution in [2.45, 2.75) is 0 Å². The van der Waals surface area contributed by atoms with Gasteiger partial charge in [-0.15, -0.1) is 0 Å². The van der Waals surface area contributed by atoms with Crippen LogP contribution in [0, 0.1) is 0 Å². The van der Waals surface area contributed by atoms with Gasteiger partial charge in [0, 0.05) is 24.7 Å². The quantitative estimate of drug-likeness (QED) is 0.814. The molecular formula is C11H13N3O2S. The number of H-pyrrole nitrogens is 1. The molecule has 6 heteroatoms. The monoisotopic (exact) mass is 251 g/mol. The van der Waals surface area contributed by atoms with Crippen molar-refractivity contribution in [3.63, 3.8) is 0 Å². The minimum absolute atomic E-state index is 0.234. The van der Waals surface area contributed by atoms with Gasteiger partial charge in [0.2, 0.25) is 0 Å². The van der Waals surface area contributed by atoms with Gasteiger partial charge in [-0.3, -0.25) is 0 Å². The highest BCUT2D eigenvalue weighted by molar-refractivity contribution is 7.91. The van der Waals surface area contributed by atoms with Gasteiger partial charge in [0.1, 0.15) is 5.65 Å². The van der Waals surface area contributed by atoms with Crippen molar-refractivity contribution >= 4 is 26.6 Å². The molecule has 0 radical (unpaired) electrons. The van der Waals surface area contributed by atoms with Crippen molar-refractivity contribution in [3.05, 3.63) is 24.5 Å². The molecular weight excluding hydrogens is 238 g/mol. The zero-order valence-electron chi connectivity index (χ0n) is 9.26. The first-order valence-electron chi connectivity index (χ1n) is 5.53. The van der Waals surface area contributed by atoms with Gasteiger partial charge in [-0.05, 0) is 12.1 Å². The summed E-state index contributed by atoms with van der Waals surface area (Å²) in [6.45, 7) is 1.11. The van der Waals surface area contributed by atoms with Gasteiger partial charge in [-0.25, -0.2) is 13.4 Å². The predicted molar refractivity (Wildman–Crippen MR) is 67.0 cm³/mol. The third-order valence-electron chi connectivity index (χ3n) is 3.10. The zero-order chi connectivity index (χ0) is 11.9. The molecule has 1 saturated heterocycles. The van der Waals surface area contributed by atoms with Crippen molar-refractivity contribution in [2.75, 3.05) is 29.5 Å². The molecule has 2 aromatic heterocycles. The van der Waals surface area contributed by atoms with Crippen LogP contribution in [0.1, 0.15) is 0 Å². The van der Waals surface area contributed by atoms with E-state index < -0.39 is 9.84 Å². The Hall–Kier alpha value is -1.56. The number of pyridine rings is 1. The molecule has 3 heterocycles. The molecule has 0 saturated carbocycles. The lowest BCUT2D eigenvalue weighted by atomic mass is 10.3. The molecule has 0 bridgehead atoms. The van der Waals surface area contributed by atoms with E-state index in [0.29, 0.717) is 13.1 Å². The predicted octanol–water partition coefficient (Wildman–Crippen LogP) is 0.798. The van der Waals surface area contributed by atoms with Crippen molar-refractivity contribution < 1.29 is 8.42 Å². The summed E-state index contributed by atoms with van der Waals surface area (Å²) in [6.07, 6.45) is 3.64. The topological polar surface area (TPSA) is 66.1 Å². The maximum Gasteiger partial charge on any atom is 0.153 e. The molecule has 1 aliphatic rings. The van der Waals surface area contributed by atoms with Gasteiger partial charge in [0.15, 0.2) is 9.84 Å². The molecule has 0 aliphatic carbocycles. The van der Waals surface area contributed by atoms with Crippen LogP contribution in [0.5, 0.6) is 0 Å². The highest BCUT2D eigenvalue weighted by Gasteiger charge is 2.21. The first-order valence-corrected chi connectivity index (χ1v) is 7.35. The summed E-state index contributed by atoms with van der Waals surface area (Å²) in [7, 11) is -2.82. The molecule has 0 aromatic carbocycles. The van der Waals surface area contributed by atoms with E-state index >= 15 is 0 Å². The number of anilines is 1. The van der Waals surface area contributed by atoms with Crippen LogP contribution in [0.4, 0.5) is 5.69 Å². The Morgan fingerprint density at radius 3 is 2.82 bits per heavy atom. The number of fused-ring (bicyclic) bond motifs is 1. The van der Waals surface area contributed by atoms with Gasteiger partial charge >= 0.3 is 0 Å². The fraction of sp³-hybridized carbons (Fsp3) is 0.364.